The molecule has 1 atom stereocenters. The first kappa shape index (κ1) is 8.88. The molecule has 0 saturated heterocycles. The minimum absolute atomic E-state index is 0.742. The zero-order valence-electron chi connectivity index (χ0n) is 6.49. The van der Waals surface area contributed by atoms with Crippen molar-refractivity contribution in [3.05, 3.63) is 0 Å². The minimum Gasteiger partial charge on any atom is -0.247 e. The van der Waals surface area contributed by atoms with Gasteiger partial charge in [0, 0.05) is 6.54 Å². The summed E-state index contributed by atoms with van der Waals surface area (Å²) in [5, 5.41) is 0. The summed E-state index contributed by atoms with van der Waals surface area (Å²) in [6.45, 7) is 5.41. The second-order valence-corrected chi connectivity index (χ2v) is 2.27. The molecule has 3 N–H and O–H groups in total. The second kappa shape index (κ2) is 6.01. The van der Waals surface area contributed by atoms with E-state index in [9.17, 15) is 0 Å². The molecule has 0 rings (SSSR count). The van der Waals surface area contributed by atoms with Crippen molar-refractivity contribution in [2.45, 2.75) is 20.3 Å². The van der Waals surface area contributed by atoms with Crippen LogP contribution in [0.2, 0.25) is 0 Å². The summed E-state index contributed by atoms with van der Waals surface area (Å²) in [6, 6.07) is 0. The molecule has 0 saturated carbocycles. The van der Waals surface area contributed by atoms with Crippen molar-refractivity contribution in [3.8, 4) is 0 Å². The van der Waals surface area contributed by atoms with Crippen LogP contribution in [0, 0.1) is 5.92 Å². The van der Waals surface area contributed by atoms with Crippen molar-refractivity contribution in [3.63, 3.8) is 0 Å². The van der Waals surface area contributed by atoms with Crippen LogP contribution in [0.5, 0.6) is 0 Å². The van der Waals surface area contributed by atoms with Crippen LogP contribution < -0.4 is 16.4 Å². The predicted molar refractivity (Wildman–Crippen MR) is 39.7 cm³/mol. The van der Waals surface area contributed by atoms with Gasteiger partial charge >= 0.3 is 0 Å². The maximum Gasteiger partial charge on any atom is 0.0139 e. The maximum atomic E-state index is 3.02. The molecule has 0 fully saturated rings. The van der Waals surface area contributed by atoms with Crippen LogP contribution in [0.15, 0.2) is 0 Å². The molecule has 0 aliphatic heterocycles. The van der Waals surface area contributed by atoms with E-state index in [1.807, 2.05) is 7.05 Å². The molecule has 56 valence electrons. The summed E-state index contributed by atoms with van der Waals surface area (Å²) >= 11 is 0. The van der Waals surface area contributed by atoms with E-state index in [0.717, 1.165) is 12.5 Å². The third kappa shape index (κ3) is 5.76. The van der Waals surface area contributed by atoms with Gasteiger partial charge in [0.1, 0.15) is 0 Å². The SMILES string of the molecule is CCC(C)CNNNC. The van der Waals surface area contributed by atoms with E-state index in [4.69, 9.17) is 0 Å². The molecule has 0 aliphatic carbocycles. The lowest BCUT2D eigenvalue weighted by atomic mass is 10.1. The molecular weight excluding hydrogens is 114 g/mol. The minimum atomic E-state index is 0.742. The molecule has 0 radical (unpaired) electrons. The Morgan fingerprint density at radius 1 is 1.44 bits per heavy atom. The Balaban J connectivity index is 2.88. The quantitative estimate of drug-likeness (QED) is 0.370. The van der Waals surface area contributed by atoms with Crippen molar-refractivity contribution in [1.29, 1.82) is 0 Å². The van der Waals surface area contributed by atoms with Gasteiger partial charge in [-0.2, -0.15) is 5.53 Å². The topological polar surface area (TPSA) is 36.1 Å². The van der Waals surface area contributed by atoms with E-state index in [-0.39, 0.29) is 0 Å². The third-order valence-corrected chi connectivity index (χ3v) is 1.36. The molecule has 3 heteroatoms. The van der Waals surface area contributed by atoms with Gasteiger partial charge < -0.3 is 0 Å². The van der Waals surface area contributed by atoms with E-state index >= 15 is 0 Å². The van der Waals surface area contributed by atoms with Gasteiger partial charge in [-0.15, -0.1) is 0 Å². The first-order valence-corrected chi connectivity index (χ1v) is 3.45. The van der Waals surface area contributed by atoms with E-state index in [2.05, 4.69) is 30.2 Å². The molecule has 0 aliphatic rings. The Morgan fingerprint density at radius 3 is 2.56 bits per heavy atom. The monoisotopic (exact) mass is 131 g/mol. The lowest BCUT2D eigenvalue weighted by molar-refractivity contribution is 0.408. The van der Waals surface area contributed by atoms with E-state index < -0.39 is 0 Å². The average Bonchev–Trinajstić information content (AvgIpc) is 1.89. The summed E-state index contributed by atoms with van der Waals surface area (Å²) in [5.74, 6) is 0.742. The van der Waals surface area contributed by atoms with Gasteiger partial charge in [0.2, 0.25) is 0 Å². The van der Waals surface area contributed by atoms with Gasteiger partial charge in [-0.3, -0.25) is 0 Å². The van der Waals surface area contributed by atoms with E-state index in [0.29, 0.717) is 0 Å². The fourth-order valence-corrected chi connectivity index (χ4v) is 0.458. The molecule has 1 unspecified atom stereocenters. The molecule has 0 heterocycles. The van der Waals surface area contributed by atoms with Gasteiger partial charge in [-0.05, 0) is 13.0 Å². The number of hydrogen-bond acceptors (Lipinski definition) is 3. The average molecular weight is 131 g/mol. The molecule has 9 heavy (non-hydrogen) atoms. The van der Waals surface area contributed by atoms with Gasteiger partial charge in [0.15, 0.2) is 0 Å². The normalized spacial score (nSPS) is 13.7. The predicted octanol–water partition coefficient (Wildman–Crippen LogP) is 0.261. The molecule has 0 bridgehead atoms. The molecule has 0 aromatic heterocycles. The zero-order valence-corrected chi connectivity index (χ0v) is 6.49. The lowest BCUT2D eigenvalue weighted by Crippen LogP contribution is -2.42. The Kier molecular flexibility index (Phi) is 5.93. The highest BCUT2D eigenvalue weighted by atomic mass is 15.6. The molecule has 0 amide bonds. The number of nitrogens with one attached hydrogen (secondary N) is 3. The smallest absolute Gasteiger partial charge is 0.0139 e. The fraction of sp³-hybridized carbons (Fsp3) is 1.00. The third-order valence-electron chi connectivity index (χ3n) is 1.36. The largest absolute Gasteiger partial charge is 0.247 e. The molecule has 3 nitrogen and oxygen atoms in total. The van der Waals surface area contributed by atoms with Crippen LogP contribution in [0.3, 0.4) is 0 Å². The van der Waals surface area contributed by atoms with Gasteiger partial charge in [-0.25, -0.2) is 10.9 Å². The number of hydrazine groups is 2. The van der Waals surface area contributed by atoms with Crippen LogP contribution in [-0.4, -0.2) is 13.6 Å². The Morgan fingerprint density at radius 2 is 2.11 bits per heavy atom. The second-order valence-electron chi connectivity index (χ2n) is 2.27. The van der Waals surface area contributed by atoms with Crippen LogP contribution in [0.25, 0.3) is 0 Å². The first-order valence-electron chi connectivity index (χ1n) is 3.45. The van der Waals surface area contributed by atoms with Gasteiger partial charge in [0.25, 0.3) is 0 Å². The highest BCUT2D eigenvalue weighted by Crippen LogP contribution is 1.95. The summed E-state index contributed by atoms with van der Waals surface area (Å²) in [5.41, 5.74) is 8.62. The Labute approximate surface area is 57.2 Å². The summed E-state index contributed by atoms with van der Waals surface area (Å²) in [6.07, 6.45) is 1.22. The van der Waals surface area contributed by atoms with Crippen LogP contribution in [-0.2, 0) is 0 Å². The molecule has 0 aromatic rings. The summed E-state index contributed by atoms with van der Waals surface area (Å²) in [4.78, 5) is 0. The Hall–Kier alpha value is -0.120. The molecule has 0 spiro atoms. The number of hydrogen-bond donors (Lipinski definition) is 3. The van der Waals surface area contributed by atoms with Gasteiger partial charge in [0.05, 0.1) is 0 Å². The standard InChI is InChI=1S/C6H17N3/c1-4-6(2)5-8-9-7-3/h6-9H,4-5H2,1-3H3. The van der Waals surface area contributed by atoms with Crippen molar-refractivity contribution < 1.29 is 0 Å². The first-order chi connectivity index (χ1) is 4.31. The van der Waals surface area contributed by atoms with Crippen molar-refractivity contribution in [2.24, 2.45) is 5.92 Å². The van der Waals surface area contributed by atoms with Crippen LogP contribution >= 0.6 is 0 Å². The zero-order chi connectivity index (χ0) is 7.11. The highest BCUT2D eigenvalue weighted by molar-refractivity contribution is 4.49. The lowest BCUT2D eigenvalue weighted by Gasteiger charge is -2.09. The van der Waals surface area contributed by atoms with Crippen molar-refractivity contribution in [2.75, 3.05) is 13.6 Å². The van der Waals surface area contributed by atoms with Crippen LogP contribution in [0.1, 0.15) is 20.3 Å². The molecular formula is C6H17N3. The fourth-order valence-electron chi connectivity index (χ4n) is 0.458. The molecule has 0 aromatic carbocycles. The summed E-state index contributed by atoms with van der Waals surface area (Å²) in [7, 11) is 1.84. The highest BCUT2D eigenvalue weighted by Gasteiger charge is 1.94. The Bertz CT molecular complexity index is 56.3. The van der Waals surface area contributed by atoms with Crippen LogP contribution in [0.4, 0.5) is 0 Å². The van der Waals surface area contributed by atoms with Gasteiger partial charge in [-0.1, -0.05) is 20.3 Å². The van der Waals surface area contributed by atoms with E-state index in [1.54, 1.807) is 0 Å². The van der Waals surface area contributed by atoms with Crippen molar-refractivity contribution in [1.82, 2.24) is 16.4 Å². The van der Waals surface area contributed by atoms with E-state index in [1.165, 1.54) is 6.42 Å². The number of rotatable bonds is 5. The maximum absolute atomic E-state index is 3.02. The summed E-state index contributed by atoms with van der Waals surface area (Å²) < 4.78 is 0. The van der Waals surface area contributed by atoms with Crippen molar-refractivity contribution >= 4 is 0 Å².